The number of nitrogens with one attached hydrogen (secondary N) is 1. The van der Waals surface area contributed by atoms with Gasteiger partial charge in [-0.25, -0.2) is 9.97 Å². The third-order valence-electron chi connectivity index (χ3n) is 3.66. The highest BCUT2D eigenvalue weighted by Crippen LogP contribution is 2.40. The van der Waals surface area contributed by atoms with Gasteiger partial charge in [-0.15, -0.1) is 0 Å². The van der Waals surface area contributed by atoms with Gasteiger partial charge in [0.2, 0.25) is 0 Å². The molecule has 0 radical (unpaired) electrons. The maximum Gasteiger partial charge on any atom is 0.135 e. The van der Waals surface area contributed by atoms with Gasteiger partial charge >= 0.3 is 0 Å². The molecular formula is C12H16ClN3O. The van der Waals surface area contributed by atoms with Gasteiger partial charge in [-0.05, 0) is 32.1 Å². The van der Waals surface area contributed by atoms with E-state index >= 15 is 0 Å². The van der Waals surface area contributed by atoms with E-state index in [0.29, 0.717) is 11.1 Å². The van der Waals surface area contributed by atoms with E-state index in [1.165, 1.54) is 0 Å². The van der Waals surface area contributed by atoms with Crippen LogP contribution in [0.4, 0.5) is 5.82 Å². The van der Waals surface area contributed by atoms with Crippen LogP contribution in [-0.2, 0) is 0 Å². The van der Waals surface area contributed by atoms with Gasteiger partial charge in [-0.2, -0.15) is 0 Å². The lowest BCUT2D eigenvalue weighted by Gasteiger charge is -2.41. The molecule has 0 saturated heterocycles. The Morgan fingerprint density at radius 1 is 1.41 bits per heavy atom. The van der Waals surface area contributed by atoms with E-state index < -0.39 is 0 Å². The second-order valence-electron chi connectivity index (χ2n) is 5.13. The van der Waals surface area contributed by atoms with E-state index in [1.54, 1.807) is 6.07 Å². The lowest BCUT2D eigenvalue weighted by Crippen LogP contribution is -2.48. The molecule has 5 heteroatoms. The monoisotopic (exact) mass is 253 g/mol. The lowest BCUT2D eigenvalue weighted by atomic mass is 9.77. The summed E-state index contributed by atoms with van der Waals surface area (Å²) in [5.74, 6) is 2.08. The van der Waals surface area contributed by atoms with E-state index in [1.807, 2.05) is 0 Å². The summed E-state index contributed by atoms with van der Waals surface area (Å²) in [7, 11) is 0. The van der Waals surface area contributed by atoms with E-state index in [2.05, 4.69) is 15.3 Å². The first-order valence-electron chi connectivity index (χ1n) is 6.14. The molecule has 0 aromatic carbocycles. The molecule has 92 valence electrons. The van der Waals surface area contributed by atoms with Crippen molar-refractivity contribution in [3.8, 4) is 0 Å². The normalized spacial score (nSPS) is 22.0. The molecule has 2 fully saturated rings. The van der Waals surface area contributed by atoms with Crippen molar-refractivity contribution in [2.24, 2.45) is 0 Å². The smallest absolute Gasteiger partial charge is 0.135 e. The molecule has 0 amide bonds. The van der Waals surface area contributed by atoms with E-state index in [4.69, 9.17) is 11.6 Å². The van der Waals surface area contributed by atoms with Crippen LogP contribution in [0, 0.1) is 0 Å². The predicted molar refractivity (Wildman–Crippen MR) is 66.3 cm³/mol. The molecule has 0 aliphatic heterocycles. The number of anilines is 1. The molecule has 0 unspecified atom stereocenters. The fraction of sp³-hybridized carbons (Fsp3) is 0.667. The summed E-state index contributed by atoms with van der Waals surface area (Å²) in [6.45, 7) is 0.146. The summed E-state index contributed by atoms with van der Waals surface area (Å²) in [4.78, 5) is 8.74. The Bertz CT molecular complexity index is 424. The minimum atomic E-state index is -0.182. The van der Waals surface area contributed by atoms with Crippen LogP contribution >= 0.6 is 11.6 Å². The third-order valence-corrected chi connectivity index (χ3v) is 3.85. The molecule has 0 atom stereocenters. The minimum Gasteiger partial charge on any atom is -0.394 e. The summed E-state index contributed by atoms with van der Waals surface area (Å²) in [6, 6.07) is 1.74. The fourth-order valence-corrected chi connectivity index (χ4v) is 2.41. The molecular weight excluding hydrogens is 238 g/mol. The molecule has 0 spiro atoms. The summed E-state index contributed by atoms with van der Waals surface area (Å²) in [5.41, 5.74) is -0.182. The van der Waals surface area contributed by atoms with Crippen LogP contribution in [-0.4, -0.2) is 27.2 Å². The first kappa shape index (κ1) is 11.2. The first-order chi connectivity index (χ1) is 8.21. The van der Waals surface area contributed by atoms with E-state index in [0.717, 1.165) is 43.7 Å². The highest BCUT2D eigenvalue weighted by atomic mass is 35.5. The maximum atomic E-state index is 9.42. The Morgan fingerprint density at radius 3 is 2.71 bits per heavy atom. The fourth-order valence-electron chi connectivity index (χ4n) is 2.22. The second kappa shape index (κ2) is 4.10. The van der Waals surface area contributed by atoms with Gasteiger partial charge in [0.1, 0.15) is 16.8 Å². The summed E-state index contributed by atoms with van der Waals surface area (Å²) >= 11 is 6.00. The van der Waals surface area contributed by atoms with Crippen LogP contribution in [0.1, 0.15) is 43.8 Å². The van der Waals surface area contributed by atoms with Crippen LogP contribution < -0.4 is 5.32 Å². The largest absolute Gasteiger partial charge is 0.394 e. The lowest BCUT2D eigenvalue weighted by molar-refractivity contribution is 0.144. The Morgan fingerprint density at radius 2 is 2.18 bits per heavy atom. The minimum absolute atomic E-state index is 0.146. The van der Waals surface area contributed by atoms with Crippen molar-refractivity contribution in [2.45, 2.75) is 43.6 Å². The molecule has 17 heavy (non-hydrogen) atoms. The average Bonchev–Trinajstić information content (AvgIpc) is 3.06. The van der Waals surface area contributed by atoms with Crippen molar-refractivity contribution < 1.29 is 5.11 Å². The Balaban J connectivity index is 1.82. The number of nitrogens with zero attached hydrogens (tertiary/aromatic N) is 2. The second-order valence-corrected chi connectivity index (χ2v) is 5.51. The van der Waals surface area contributed by atoms with Gasteiger partial charge in [0.05, 0.1) is 12.1 Å². The zero-order valence-electron chi connectivity index (χ0n) is 9.62. The van der Waals surface area contributed by atoms with Crippen molar-refractivity contribution in [1.29, 1.82) is 0 Å². The number of hydrogen-bond acceptors (Lipinski definition) is 4. The molecule has 1 heterocycles. The SMILES string of the molecule is OCC1(Nc2cc(Cl)nc(C3CC3)n2)CCC1. The average molecular weight is 254 g/mol. The van der Waals surface area contributed by atoms with Gasteiger partial charge in [-0.1, -0.05) is 11.6 Å². The van der Waals surface area contributed by atoms with E-state index in [-0.39, 0.29) is 12.1 Å². The first-order valence-corrected chi connectivity index (χ1v) is 6.52. The van der Waals surface area contributed by atoms with Crippen molar-refractivity contribution in [1.82, 2.24) is 9.97 Å². The topological polar surface area (TPSA) is 58.0 Å². The number of aromatic nitrogens is 2. The van der Waals surface area contributed by atoms with Crippen LogP contribution in [0.15, 0.2) is 6.07 Å². The molecule has 2 saturated carbocycles. The van der Waals surface area contributed by atoms with E-state index in [9.17, 15) is 5.11 Å². The highest BCUT2D eigenvalue weighted by Gasteiger charge is 2.37. The quantitative estimate of drug-likeness (QED) is 0.809. The van der Waals surface area contributed by atoms with Gasteiger partial charge in [0.25, 0.3) is 0 Å². The summed E-state index contributed by atoms with van der Waals surface area (Å²) in [6.07, 6.45) is 5.45. The number of hydrogen-bond donors (Lipinski definition) is 2. The highest BCUT2D eigenvalue weighted by molar-refractivity contribution is 6.29. The zero-order valence-corrected chi connectivity index (χ0v) is 10.4. The third kappa shape index (κ3) is 2.24. The molecule has 1 aromatic heterocycles. The molecule has 2 aliphatic rings. The summed E-state index contributed by atoms with van der Waals surface area (Å²) in [5, 5.41) is 13.2. The van der Waals surface area contributed by atoms with Gasteiger partial charge in [0.15, 0.2) is 0 Å². The number of aliphatic hydroxyl groups is 1. The summed E-state index contributed by atoms with van der Waals surface area (Å²) < 4.78 is 0. The Labute approximate surface area is 105 Å². The van der Waals surface area contributed by atoms with Crippen LogP contribution in [0.3, 0.4) is 0 Å². The van der Waals surface area contributed by atoms with Crippen molar-refractivity contribution in [2.75, 3.05) is 11.9 Å². The number of rotatable bonds is 4. The number of halogens is 1. The molecule has 1 aromatic rings. The van der Waals surface area contributed by atoms with Crippen LogP contribution in [0.5, 0.6) is 0 Å². The van der Waals surface area contributed by atoms with Crippen molar-refractivity contribution in [3.05, 3.63) is 17.0 Å². The zero-order chi connectivity index (χ0) is 11.9. The van der Waals surface area contributed by atoms with Gasteiger partial charge in [0, 0.05) is 12.0 Å². The molecule has 4 nitrogen and oxygen atoms in total. The maximum absolute atomic E-state index is 9.42. The van der Waals surface area contributed by atoms with Crippen molar-refractivity contribution >= 4 is 17.4 Å². The Kier molecular flexibility index (Phi) is 2.71. The van der Waals surface area contributed by atoms with Crippen molar-refractivity contribution in [3.63, 3.8) is 0 Å². The van der Waals surface area contributed by atoms with Crippen LogP contribution in [0.2, 0.25) is 5.15 Å². The van der Waals surface area contributed by atoms with Gasteiger partial charge < -0.3 is 10.4 Å². The number of aliphatic hydroxyl groups excluding tert-OH is 1. The molecule has 3 rings (SSSR count). The standard InChI is InChI=1S/C12H16ClN3O/c13-9-6-10(15-11(14-9)8-2-3-8)16-12(7-17)4-1-5-12/h6,8,17H,1-5,7H2,(H,14,15,16). The van der Waals surface area contributed by atoms with Crippen LogP contribution in [0.25, 0.3) is 0 Å². The predicted octanol–water partition coefficient (Wildman–Crippen LogP) is 2.33. The molecule has 2 aliphatic carbocycles. The Hall–Kier alpha value is -0.870. The molecule has 2 N–H and O–H groups in total. The molecule has 0 bridgehead atoms. The van der Waals surface area contributed by atoms with Gasteiger partial charge in [-0.3, -0.25) is 0 Å².